The summed E-state index contributed by atoms with van der Waals surface area (Å²) in [5.74, 6) is 1.02. The number of hydrogen-bond acceptors (Lipinski definition) is 3. The molecule has 5 nitrogen and oxygen atoms in total. The number of nitrogens with zero attached hydrogens (tertiary/aromatic N) is 2. The number of aromatic nitrogens is 1. The molecule has 1 aliphatic rings. The summed E-state index contributed by atoms with van der Waals surface area (Å²) in [6, 6.07) is 8.74. The molecule has 2 aromatic rings. The van der Waals surface area contributed by atoms with Crippen LogP contribution in [-0.2, 0) is 0 Å². The van der Waals surface area contributed by atoms with Crippen molar-refractivity contribution in [2.45, 2.75) is 6.04 Å². The molecule has 0 radical (unpaired) electrons. The Morgan fingerprint density at radius 1 is 1.33 bits per heavy atom. The largest absolute Gasteiger partial charge is 0.437 e. The van der Waals surface area contributed by atoms with E-state index in [1.807, 2.05) is 24.3 Å². The molecule has 0 saturated carbocycles. The second-order valence-corrected chi connectivity index (χ2v) is 5.13. The van der Waals surface area contributed by atoms with Crippen molar-refractivity contribution in [1.29, 1.82) is 0 Å². The van der Waals surface area contributed by atoms with E-state index in [1.54, 1.807) is 31.3 Å². The SMILES string of the molecule is CNC(=O)N(C)C1c2cccnc2Oc2c(Cl)cccc21. The van der Waals surface area contributed by atoms with E-state index in [9.17, 15) is 4.79 Å². The number of pyridine rings is 1. The summed E-state index contributed by atoms with van der Waals surface area (Å²) in [7, 11) is 3.33. The number of hydrogen-bond donors (Lipinski definition) is 1. The van der Waals surface area contributed by atoms with Crippen LogP contribution in [0, 0.1) is 0 Å². The molecule has 3 rings (SSSR count). The van der Waals surface area contributed by atoms with Crippen molar-refractivity contribution < 1.29 is 9.53 Å². The van der Waals surface area contributed by atoms with Gasteiger partial charge in [0, 0.05) is 31.4 Å². The summed E-state index contributed by atoms with van der Waals surface area (Å²) in [4.78, 5) is 17.9. The minimum absolute atomic E-state index is 0.192. The number of rotatable bonds is 1. The van der Waals surface area contributed by atoms with E-state index >= 15 is 0 Å². The van der Waals surface area contributed by atoms with Crippen molar-refractivity contribution in [1.82, 2.24) is 15.2 Å². The van der Waals surface area contributed by atoms with E-state index in [0.717, 1.165) is 11.1 Å². The Kier molecular flexibility index (Phi) is 3.43. The zero-order valence-electron chi connectivity index (χ0n) is 11.6. The molecule has 1 unspecified atom stereocenters. The third kappa shape index (κ3) is 2.19. The lowest BCUT2D eigenvalue weighted by molar-refractivity contribution is 0.197. The predicted molar refractivity (Wildman–Crippen MR) is 79.8 cm³/mol. The summed E-state index contributed by atoms with van der Waals surface area (Å²) in [6.07, 6.45) is 1.65. The second-order valence-electron chi connectivity index (χ2n) is 4.73. The van der Waals surface area contributed by atoms with Gasteiger partial charge in [0.15, 0.2) is 5.75 Å². The van der Waals surface area contributed by atoms with Crippen LogP contribution in [0.2, 0.25) is 5.02 Å². The molecule has 21 heavy (non-hydrogen) atoms. The van der Waals surface area contributed by atoms with E-state index < -0.39 is 0 Å². The first-order valence-electron chi connectivity index (χ1n) is 6.49. The normalized spacial score (nSPS) is 15.5. The average Bonchev–Trinajstić information content (AvgIpc) is 2.52. The molecule has 1 aromatic carbocycles. The molecule has 1 atom stereocenters. The van der Waals surface area contributed by atoms with Crippen molar-refractivity contribution in [3.05, 3.63) is 52.7 Å². The number of fused-ring (bicyclic) bond motifs is 2. The molecule has 1 N–H and O–H groups in total. The number of para-hydroxylation sites is 1. The Hall–Kier alpha value is -2.27. The quantitative estimate of drug-likeness (QED) is 0.880. The number of urea groups is 1. The van der Waals surface area contributed by atoms with Gasteiger partial charge in [-0.15, -0.1) is 0 Å². The van der Waals surface area contributed by atoms with Crippen molar-refractivity contribution >= 4 is 17.6 Å². The molecule has 0 fully saturated rings. The topological polar surface area (TPSA) is 54.5 Å². The third-order valence-electron chi connectivity index (χ3n) is 3.51. The lowest BCUT2D eigenvalue weighted by Crippen LogP contribution is -2.39. The van der Waals surface area contributed by atoms with Gasteiger partial charge in [-0.05, 0) is 18.2 Å². The van der Waals surface area contributed by atoms with E-state index in [-0.39, 0.29) is 12.1 Å². The summed E-state index contributed by atoms with van der Waals surface area (Å²) in [5.41, 5.74) is 1.67. The minimum atomic E-state index is -0.295. The zero-order chi connectivity index (χ0) is 15.0. The molecule has 0 aliphatic carbocycles. The van der Waals surface area contributed by atoms with Crippen LogP contribution < -0.4 is 10.1 Å². The molecule has 0 spiro atoms. The Morgan fingerprint density at radius 2 is 2.10 bits per heavy atom. The highest BCUT2D eigenvalue weighted by Gasteiger charge is 2.33. The van der Waals surface area contributed by atoms with Gasteiger partial charge in [0.25, 0.3) is 0 Å². The van der Waals surface area contributed by atoms with Crippen molar-refractivity contribution in [3.63, 3.8) is 0 Å². The molecular formula is C15H14ClN3O2. The zero-order valence-corrected chi connectivity index (χ0v) is 12.4. The first-order chi connectivity index (χ1) is 10.1. The van der Waals surface area contributed by atoms with Gasteiger partial charge in [-0.3, -0.25) is 0 Å². The maximum atomic E-state index is 12.0. The second kappa shape index (κ2) is 5.26. The highest BCUT2D eigenvalue weighted by molar-refractivity contribution is 6.32. The smallest absolute Gasteiger partial charge is 0.317 e. The lowest BCUT2D eigenvalue weighted by atomic mass is 9.95. The Labute approximate surface area is 127 Å². The van der Waals surface area contributed by atoms with Gasteiger partial charge < -0.3 is 15.0 Å². The molecule has 2 amide bonds. The van der Waals surface area contributed by atoms with Gasteiger partial charge in [-0.25, -0.2) is 9.78 Å². The molecular weight excluding hydrogens is 290 g/mol. The van der Waals surface area contributed by atoms with Gasteiger partial charge in [-0.2, -0.15) is 0 Å². The Morgan fingerprint density at radius 3 is 2.86 bits per heavy atom. The number of carbonyl (C=O) groups is 1. The lowest BCUT2D eigenvalue weighted by Gasteiger charge is -2.33. The summed E-state index contributed by atoms with van der Waals surface area (Å²) >= 11 is 6.22. The highest BCUT2D eigenvalue weighted by Crippen LogP contribution is 2.46. The van der Waals surface area contributed by atoms with Gasteiger partial charge in [0.1, 0.15) is 0 Å². The van der Waals surface area contributed by atoms with E-state index in [4.69, 9.17) is 16.3 Å². The molecule has 1 aromatic heterocycles. The fourth-order valence-corrected chi connectivity index (χ4v) is 2.74. The Balaban J connectivity index is 2.19. The standard InChI is InChI=1S/C15H14ClN3O2/c1-17-15(20)19(2)12-9-5-3-7-11(16)13(9)21-14-10(12)6-4-8-18-14/h3-8,12H,1-2H3,(H,17,20). The maximum Gasteiger partial charge on any atom is 0.317 e. The van der Waals surface area contributed by atoms with Crippen LogP contribution in [0.1, 0.15) is 17.2 Å². The number of carbonyl (C=O) groups excluding carboxylic acids is 1. The van der Waals surface area contributed by atoms with Crippen molar-refractivity contribution in [2.75, 3.05) is 14.1 Å². The predicted octanol–water partition coefficient (Wildman–Crippen LogP) is 3.20. The first kappa shape index (κ1) is 13.7. The monoisotopic (exact) mass is 303 g/mol. The number of halogens is 1. The summed E-state index contributed by atoms with van der Waals surface area (Å²) in [5, 5.41) is 3.13. The van der Waals surface area contributed by atoms with Crippen molar-refractivity contribution in [3.8, 4) is 11.6 Å². The molecule has 0 saturated heterocycles. The van der Waals surface area contributed by atoms with E-state index in [1.165, 1.54) is 0 Å². The summed E-state index contributed by atoms with van der Waals surface area (Å²) in [6.45, 7) is 0. The van der Waals surface area contributed by atoms with Crippen LogP contribution in [-0.4, -0.2) is 30.0 Å². The fourth-order valence-electron chi connectivity index (χ4n) is 2.52. The molecule has 0 bridgehead atoms. The number of amides is 2. The minimum Gasteiger partial charge on any atom is -0.437 e. The third-order valence-corrected chi connectivity index (χ3v) is 3.81. The average molecular weight is 304 g/mol. The van der Waals surface area contributed by atoms with Crippen LogP contribution in [0.5, 0.6) is 11.6 Å². The number of nitrogens with one attached hydrogen (secondary N) is 1. The van der Waals surface area contributed by atoms with Crippen LogP contribution >= 0.6 is 11.6 Å². The van der Waals surface area contributed by atoms with Gasteiger partial charge >= 0.3 is 6.03 Å². The van der Waals surface area contributed by atoms with Gasteiger partial charge in [0.05, 0.1) is 11.1 Å². The van der Waals surface area contributed by atoms with Gasteiger partial charge in [-0.1, -0.05) is 23.7 Å². The summed E-state index contributed by atoms with van der Waals surface area (Å²) < 4.78 is 5.80. The van der Waals surface area contributed by atoms with Gasteiger partial charge in [0.2, 0.25) is 5.88 Å². The fraction of sp³-hybridized carbons (Fsp3) is 0.200. The first-order valence-corrected chi connectivity index (χ1v) is 6.87. The molecule has 1 aliphatic heterocycles. The number of ether oxygens (including phenoxy) is 1. The maximum absolute atomic E-state index is 12.0. The number of benzene rings is 1. The van der Waals surface area contributed by atoms with Crippen molar-refractivity contribution in [2.24, 2.45) is 0 Å². The Bertz CT molecular complexity index is 705. The van der Waals surface area contributed by atoms with Crippen LogP contribution in [0.15, 0.2) is 36.5 Å². The van der Waals surface area contributed by atoms with Crippen LogP contribution in [0.3, 0.4) is 0 Å². The van der Waals surface area contributed by atoms with E-state index in [2.05, 4.69) is 10.3 Å². The molecule has 2 heterocycles. The molecule has 108 valence electrons. The van der Waals surface area contributed by atoms with E-state index in [0.29, 0.717) is 16.7 Å². The van der Waals surface area contributed by atoms with Crippen LogP contribution in [0.4, 0.5) is 4.79 Å². The van der Waals surface area contributed by atoms with Crippen LogP contribution in [0.25, 0.3) is 0 Å². The highest BCUT2D eigenvalue weighted by atomic mass is 35.5. The molecule has 6 heteroatoms.